The van der Waals surface area contributed by atoms with E-state index in [1.54, 1.807) is 23.1 Å². The van der Waals surface area contributed by atoms with Gasteiger partial charge in [-0.05, 0) is 40.5 Å². The molecule has 0 spiro atoms. The highest BCUT2D eigenvalue weighted by molar-refractivity contribution is 9.11. The maximum atomic E-state index is 6.24. The van der Waals surface area contributed by atoms with Gasteiger partial charge < -0.3 is 10.1 Å². The van der Waals surface area contributed by atoms with Crippen LogP contribution in [0.1, 0.15) is 30.9 Å². The van der Waals surface area contributed by atoms with Crippen molar-refractivity contribution in [1.29, 1.82) is 0 Å². The molecular weight excluding hydrogens is 432 g/mol. The Morgan fingerprint density at radius 1 is 1.23 bits per heavy atom. The Bertz CT molecular complexity index is 918. The second-order valence-corrected chi connectivity index (χ2v) is 9.34. The van der Waals surface area contributed by atoms with E-state index >= 15 is 0 Å². The van der Waals surface area contributed by atoms with Gasteiger partial charge >= 0.3 is 0 Å². The first kappa shape index (κ1) is 17.8. The van der Waals surface area contributed by atoms with Gasteiger partial charge in [0, 0.05) is 17.0 Å². The molecule has 134 valence electrons. The number of benzene rings is 1. The number of thioether (sulfide) groups is 1. The highest BCUT2D eigenvalue weighted by Gasteiger charge is 2.26. The molecule has 0 fully saturated rings. The summed E-state index contributed by atoms with van der Waals surface area (Å²) >= 11 is 6.77. The Balaban J connectivity index is 1.73. The summed E-state index contributed by atoms with van der Waals surface area (Å²) in [4.78, 5) is 5.71. The molecule has 0 aliphatic carbocycles. The standard InChI is InChI=1S/C18H17BrN4OS2/c1-2-3-10-25-18-21-17-15(22-23-18)11-6-4-5-7-12(11)20-16(24-17)13-8-9-14(19)26-13/h4-9,16,20H,2-3,10H2,1H3/t16-/m1/s1. The summed E-state index contributed by atoms with van der Waals surface area (Å²) in [5.74, 6) is 1.50. The van der Waals surface area contributed by atoms with Crippen LogP contribution >= 0.6 is 39.0 Å². The van der Waals surface area contributed by atoms with E-state index < -0.39 is 0 Å². The molecule has 2 aromatic heterocycles. The van der Waals surface area contributed by atoms with Crippen molar-refractivity contribution in [2.24, 2.45) is 0 Å². The smallest absolute Gasteiger partial charge is 0.247 e. The molecule has 0 radical (unpaired) electrons. The highest BCUT2D eigenvalue weighted by atomic mass is 79.9. The Morgan fingerprint density at radius 2 is 2.12 bits per heavy atom. The predicted octanol–water partition coefficient (Wildman–Crippen LogP) is 5.76. The van der Waals surface area contributed by atoms with Crippen molar-refractivity contribution in [3.8, 4) is 17.1 Å². The van der Waals surface area contributed by atoms with Crippen molar-refractivity contribution in [1.82, 2.24) is 15.2 Å². The number of nitrogens with zero attached hydrogens (tertiary/aromatic N) is 3. The number of hydrogen-bond acceptors (Lipinski definition) is 7. The number of rotatable bonds is 5. The predicted molar refractivity (Wildman–Crippen MR) is 110 cm³/mol. The van der Waals surface area contributed by atoms with Crippen LogP contribution in [0.5, 0.6) is 5.88 Å². The molecule has 1 aliphatic heterocycles. The SMILES string of the molecule is CCCCSc1nnc2c(n1)O[C@H](c1ccc(Br)s1)Nc1ccccc1-2. The third kappa shape index (κ3) is 3.72. The lowest BCUT2D eigenvalue weighted by atomic mass is 10.1. The van der Waals surface area contributed by atoms with Gasteiger partial charge in [0.15, 0.2) is 5.69 Å². The molecule has 1 aliphatic rings. The second kappa shape index (κ2) is 7.94. The lowest BCUT2D eigenvalue weighted by Crippen LogP contribution is -2.15. The molecule has 4 rings (SSSR count). The molecule has 0 unspecified atom stereocenters. The molecule has 0 saturated carbocycles. The number of hydrogen-bond donors (Lipinski definition) is 1. The quantitative estimate of drug-likeness (QED) is 0.395. The topological polar surface area (TPSA) is 59.9 Å². The number of thiophene rings is 1. The van der Waals surface area contributed by atoms with E-state index in [4.69, 9.17) is 4.74 Å². The van der Waals surface area contributed by atoms with Crippen LogP contribution in [0, 0.1) is 0 Å². The number of halogens is 1. The molecule has 26 heavy (non-hydrogen) atoms. The average molecular weight is 449 g/mol. The fourth-order valence-corrected chi connectivity index (χ4v) is 4.88. The van der Waals surface area contributed by atoms with Crippen LogP contribution in [-0.2, 0) is 0 Å². The third-order valence-electron chi connectivity index (χ3n) is 3.92. The van der Waals surface area contributed by atoms with Crippen molar-refractivity contribution >= 4 is 44.7 Å². The van der Waals surface area contributed by atoms with Gasteiger partial charge in [0.1, 0.15) is 0 Å². The van der Waals surface area contributed by atoms with Crippen molar-refractivity contribution in [2.45, 2.75) is 31.1 Å². The zero-order valence-corrected chi connectivity index (χ0v) is 17.3. The molecule has 1 aromatic carbocycles. The highest BCUT2D eigenvalue weighted by Crippen LogP contribution is 2.41. The Hall–Kier alpha value is -1.64. The van der Waals surface area contributed by atoms with E-state index in [1.165, 1.54) is 0 Å². The van der Waals surface area contributed by atoms with E-state index in [0.29, 0.717) is 16.7 Å². The summed E-state index contributed by atoms with van der Waals surface area (Å²) in [5.41, 5.74) is 2.58. The molecule has 0 saturated heterocycles. The first-order valence-corrected chi connectivity index (χ1v) is 11.0. The Kier molecular flexibility index (Phi) is 5.42. The summed E-state index contributed by atoms with van der Waals surface area (Å²) in [5, 5.41) is 12.8. The van der Waals surface area contributed by atoms with Crippen LogP contribution in [-0.4, -0.2) is 20.9 Å². The van der Waals surface area contributed by atoms with Crippen LogP contribution in [0.15, 0.2) is 45.3 Å². The van der Waals surface area contributed by atoms with E-state index in [2.05, 4.69) is 43.4 Å². The van der Waals surface area contributed by atoms with Gasteiger partial charge in [-0.15, -0.1) is 21.5 Å². The van der Waals surface area contributed by atoms with Crippen LogP contribution in [0.25, 0.3) is 11.3 Å². The van der Waals surface area contributed by atoms with Gasteiger partial charge in [-0.1, -0.05) is 43.3 Å². The maximum Gasteiger partial charge on any atom is 0.247 e. The van der Waals surface area contributed by atoms with Crippen LogP contribution in [0.3, 0.4) is 0 Å². The number of fused-ring (bicyclic) bond motifs is 3. The van der Waals surface area contributed by atoms with Gasteiger partial charge in [-0.3, -0.25) is 0 Å². The number of ether oxygens (including phenoxy) is 1. The first-order chi connectivity index (χ1) is 12.7. The number of aromatic nitrogens is 3. The minimum absolute atomic E-state index is 0.320. The lowest BCUT2D eigenvalue weighted by Gasteiger charge is -2.17. The van der Waals surface area contributed by atoms with Gasteiger partial charge in [0.05, 0.1) is 8.66 Å². The van der Waals surface area contributed by atoms with Gasteiger partial charge in [0.2, 0.25) is 17.3 Å². The third-order valence-corrected chi connectivity index (χ3v) is 6.51. The molecule has 3 aromatic rings. The molecular formula is C18H17BrN4OS2. The normalized spacial score (nSPS) is 15.4. The van der Waals surface area contributed by atoms with Gasteiger partial charge in [0.25, 0.3) is 0 Å². The molecule has 5 nitrogen and oxygen atoms in total. The second-order valence-electron chi connectivity index (χ2n) is 5.78. The van der Waals surface area contributed by atoms with Gasteiger partial charge in [-0.2, -0.15) is 4.98 Å². The first-order valence-electron chi connectivity index (χ1n) is 8.40. The zero-order chi connectivity index (χ0) is 17.9. The van der Waals surface area contributed by atoms with E-state index in [1.807, 2.05) is 36.4 Å². The summed E-state index contributed by atoms with van der Waals surface area (Å²) in [6.07, 6.45) is 1.95. The number of anilines is 1. The Morgan fingerprint density at radius 3 is 2.92 bits per heavy atom. The Labute approximate surface area is 168 Å². The number of para-hydroxylation sites is 1. The molecule has 3 heterocycles. The van der Waals surface area contributed by atoms with Crippen molar-refractivity contribution < 1.29 is 4.74 Å². The average Bonchev–Trinajstić information content (AvgIpc) is 3.01. The number of unbranched alkanes of at least 4 members (excludes halogenated alkanes) is 1. The summed E-state index contributed by atoms with van der Waals surface area (Å²) in [6.45, 7) is 2.17. The molecule has 1 N–H and O–H groups in total. The van der Waals surface area contributed by atoms with Crippen LogP contribution in [0.2, 0.25) is 0 Å². The minimum Gasteiger partial charge on any atom is -0.447 e. The van der Waals surface area contributed by atoms with Crippen LogP contribution in [0.4, 0.5) is 5.69 Å². The van der Waals surface area contributed by atoms with E-state index in [0.717, 1.165) is 38.5 Å². The van der Waals surface area contributed by atoms with Crippen molar-refractivity contribution in [2.75, 3.05) is 11.1 Å². The monoisotopic (exact) mass is 448 g/mol. The molecule has 0 bridgehead atoms. The maximum absolute atomic E-state index is 6.24. The minimum atomic E-state index is -0.320. The van der Waals surface area contributed by atoms with E-state index in [-0.39, 0.29) is 6.23 Å². The molecule has 0 amide bonds. The summed E-state index contributed by atoms with van der Waals surface area (Å²) in [7, 11) is 0. The molecule has 8 heteroatoms. The summed E-state index contributed by atoms with van der Waals surface area (Å²) in [6, 6.07) is 12.1. The molecule has 1 atom stereocenters. The van der Waals surface area contributed by atoms with E-state index in [9.17, 15) is 0 Å². The number of nitrogens with one attached hydrogen (secondary N) is 1. The zero-order valence-electron chi connectivity index (χ0n) is 14.1. The van der Waals surface area contributed by atoms with Gasteiger partial charge in [-0.25, -0.2) is 0 Å². The fourth-order valence-electron chi connectivity index (χ4n) is 2.61. The van der Waals surface area contributed by atoms with Crippen molar-refractivity contribution in [3.63, 3.8) is 0 Å². The van der Waals surface area contributed by atoms with Crippen molar-refractivity contribution in [3.05, 3.63) is 45.1 Å². The fraction of sp³-hybridized carbons (Fsp3) is 0.278. The summed E-state index contributed by atoms with van der Waals surface area (Å²) < 4.78 is 7.30. The lowest BCUT2D eigenvalue weighted by molar-refractivity contribution is 0.229. The largest absolute Gasteiger partial charge is 0.447 e. The van der Waals surface area contributed by atoms with Crippen LogP contribution < -0.4 is 10.1 Å².